The zero-order valence-electron chi connectivity index (χ0n) is 17.3. The zero-order valence-corrected chi connectivity index (χ0v) is 18.9. The molecule has 1 fully saturated rings. The van der Waals surface area contributed by atoms with E-state index in [4.69, 9.17) is 16.3 Å². The number of ether oxygens (including phenoxy) is 1. The van der Waals surface area contributed by atoms with Gasteiger partial charge < -0.3 is 10.1 Å². The Hall–Kier alpha value is -1.73. The largest absolute Gasteiger partial charge is 0.485 e. The second-order valence-corrected chi connectivity index (χ2v) is 9.15. The van der Waals surface area contributed by atoms with Gasteiger partial charge in [-0.3, -0.25) is 9.36 Å². The SMILES string of the molecule is Cc1cc(Cl)ccc1OCc1nnc(SCC(=O)NC(C)C)n1C1CCCCC1. The van der Waals surface area contributed by atoms with E-state index in [1.807, 2.05) is 39.0 Å². The van der Waals surface area contributed by atoms with Gasteiger partial charge in [-0.05, 0) is 57.4 Å². The molecule has 29 heavy (non-hydrogen) atoms. The van der Waals surface area contributed by atoms with Gasteiger partial charge in [-0.25, -0.2) is 0 Å². The number of thioether (sulfide) groups is 1. The molecule has 0 aliphatic heterocycles. The van der Waals surface area contributed by atoms with E-state index in [-0.39, 0.29) is 11.9 Å². The van der Waals surface area contributed by atoms with Crippen molar-refractivity contribution in [2.24, 2.45) is 0 Å². The lowest BCUT2D eigenvalue weighted by Crippen LogP contribution is -2.31. The van der Waals surface area contributed by atoms with Crippen molar-refractivity contribution in [2.45, 2.75) is 76.7 Å². The number of aromatic nitrogens is 3. The standard InChI is InChI=1S/C21H29ClN4O2S/c1-14(2)23-20(27)13-29-21-25-24-19(26(21)17-7-5-4-6-8-17)12-28-18-10-9-16(22)11-15(18)3/h9-11,14,17H,4-8,12-13H2,1-3H3,(H,23,27). The normalized spacial score (nSPS) is 14.9. The predicted molar refractivity (Wildman–Crippen MR) is 117 cm³/mol. The summed E-state index contributed by atoms with van der Waals surface area (Å²) in [5, 5.41) is 13.2. The maximum atomic E-state index is 12.1. The average Bonchev–Trinajstić information content (AvgIpc) is 3.09. The number of rotatable bonds is 8. The van der Waals surface area contributed by atoms with E-state index in [1.165, 1.54) is 31.0 Å². The van der Waals surface area contributed by atoms with Crippen LogP contribution in [-0.4, -0.2) is 32.5 Å². The summed E-state index contributed by atoms with van der Waals surface area (Å²) in [7, 11) is 0. The molecule has 0 unspecified atom stereocenters. The maximum absolute atomic E-state index is 12.1. The van der Waals surface area contributed by atoms with E-state index in [2.05, 4.69) is 20.1 Å². The minimum absolute atomic E-state index is 0.0118. The smallest absolute Gasteiger partial charge is 0.230 e. The summed E-state index contributed by atoms with van der Waals surface area (Å²) in [6.07, 6.45) is 5.90. The van der Waals surface area contributed by atoms with Crippen molar-refractivity contribution < 1.29 is 9.53 Å². The van der Waals surface area contributed by atoms with Crippen molar-refractivity contribution in [3.63, 3.8) is 0 Å². The van der Waals surface area contributed by atoms with Crippen LogP contribution >= 0.6 is 23.4 Å². The number of hydrogen-bond donors (Lipinski definition) is 1. The Labute approximate surface area is 181 Å². The Morgan fingerprint density at radius 3 is 2.76 bits per heavy atom. The molecule has 1 aliphatic carbocycles. The van der Waals surface area contributed by atoms with Gasteiger partial charge in [0.1, 0.15) is 12.4 Å². The number of carbonyl (C=O) groups excluding carboxylic acids is 1. The van der Waals surface area contributed by atoms with Gasteiger partial charge in [0.15, 0.2) is 11.0 Å². The average molecular weight is 437 g/mol. The van der Waals surface area contributed by atoms with E-state index >= 15 is 0 Å². The molecule has 1 aliphatic rings. The lowest BCUT2D eigenvalue weighted by molar-refractivity contribution is -0.119. The fourth-order valence-corrected chi connectivity index (χ4v) is 4.68. The number of carbonyl (C=O) groups is 1. The Balaban J connectivity index is 1.75. The van der Waals surface area contributed by atoms with Gasteiger partial charge >= 0.3 is 0 Å². The summed E-state index contributed by atoms with van der Waals surface area (Å²) in [5.74, 6) is 1.94. The van der Waals surface area contributed by atoms with Crippen LogP contribution < -0.4 is 10.1 Å². The van der Waals surface area contributed by atoms with E-state index in [9.17, 15) is 4.79 Å². The molecule has 1 aromatic carbocycles. The summed E-state index contributed by atoms with van der Waals surface area (Å²) in [4.78, 5) is 12.1. The summed E-state index contributed by atoms with van der Waals surface area (Å²) in [5.41, 5.74) is 0.987. The molecule has 0 bridgehead atoms. The first-order chi connectivity index (χ1) is 13.9. The van der Waals surface area contributed by atoms with Gasteiger partial charge in [0, 0.05) is 17.1 Å². The number of nitrogens with zero attached hydrogens (tertiary/aromatic N) is 3. The summed E-state index contributed by atoms with van der Waals surface area (Å²) in [6, 6.07) is 6.08. The van der Waals surface area contributed by atoms with E-state index < -0.39 is 0 Å². The molecule has 158 valence electrons. The van der Waals surface area contributed by atoms with Crippen molar-refractivity contribution in [1.82, 2.24) is 20.1 Å². The number of amides is 1. The first-order valence-corrected chi connectivity index (χ1v) is 11.5. The van der Waals surface area contributed by atoms with E-state index in [0.717, 1.165) is 35.1 Å². The highest BCUT2D eigenvalue weighted by molar-refractivity contribution is 7.99. The summed E-state index contributed by atoms with van der Waals surface area (Å²) in [6.45, 7) is 6.23. The topological polar surface area (TPSA) is 69.0 Å². The van der Waals surface area contributed by atoms with E-state index in [0.29, 0.717) is 23.4 Å². The highest BCUT2D eigenvalue weighted by Crippen LogP contribution is 2.33. The third-order valence-corrected chi connectivity index (χ3v) is 6.13. The van der Waals surface area contributed by atoms with Gasteiger partial charge in [-0.2, -0.15) is 0 Å². The molecule has 0 saturated heterocycles. The molecular formula is C21H29ClN4O2S. The predicted octanol–water partition coefficient (Wildman–Crippen LogP) is 4.94. The molecule has 3 rings (SSSR count). The molecule has 0 spiro atoms. The molecule has 1 saturated carbocycles. The number of nitrogens with one attached hydrogen (secondary N) is 1. The van der Waals surface area contributed by atoms with Crippen molar-refractivity contribution in [3.8, 4) is 5.75 Å². The van der Waals surface area contributed by atoms with Crippen LogP contribution in [0.2, 0.25) is 5.02 Å². The Morgan fingerprint density at radius 2 is 2.07 bits per heavy atom. The van der Waals surface area contributed by atoms with Gasteiger partial charge in [-0.15, -0.1) is 10.2 Å². The molecule has 0 atom stereocenters. The summed E-state index contributed by atoms with van der Waals surface area (Å²) >= 11 is 7.48. The second kappa shape index (κ2) is 10.3. The third-order valence-electron chi connectivity index (χ3n) is 4.95. The second-order valence-electron chi connectivity index (χ2n) is 7.77. The van der Waals surface area contributed by atoms with Crippen LogP contribution in [0.15, 0.2) is 23.4 Å². The van der Waals surface area contributed by atoms with Crippen LogP contribution in [0.4, 0.5) is 0 Å². The van der Waals surface area contributed by atoms with Crippen LogP contribution in [0.25, 0.3) is 0 Å². The van der Waals surface area contributed by atoms with Gasteiger partial charge in [-0.1, -0.05) is 42.6 Å². The van der Waals surface area contributed by atoms with Gasteiger partial charge in [0.25, 0.3) is 0 Å². The molecule has 1 heterocycles. The highest BCUT2D eigenvalue weighted by Gasteiger charge is 2.24. The van der Waals surface area contributed by atoms with Crippen LogP contribution in [0.1, 0.15) is 63.4 Å². The van der Waals surface area contributed by atoms with Crippen LogP contribution in [0, 0.1) is 6.92 Å². The first-order valence-electron chi connectivity index (χ1n) is 10.2. The first kappa shape index (κ1) is 22.0. The van der Waals surface area contributed by atoms with E-state index in [1.54, 1.807) is 0 Å². The minimum atomic E-state index is 0.0118. The fraction of sp³-hybridized carbons (Fsp3) is 0.571. The van der Waals surface area contributed by atoms with Crippen LogP contribution in [0.3, 0.4) is 0 Å². The molecular weight excluding hydrogens is 408 g/mol. The molecule has 1 amide bonds. The van der Waals surface area contributed by atoms with Crippen molar-refractivity contribution in [2.75, 3.05) is 5.75 Å². The molecule has 0 radical (unpaired) electrons. The lowest BCUT2D eigenvalue weighted by Gasteiger charge is -2.25. The highest BCUT2D eigenvalue weighted by atomic mass is 35.5. The van der Waals surface area contributed by atoms with Gasteiger partial charge in [0.2, 0.25) is 5.91 Å². The molecule has 1 aromatic heterocycles. The number of hydrogen-bond acceptors (Lipinski definition) is 5. The van der Waals surface area contributed by atoms with Crippen LogP contribution in [0.5, 0.6) is 5.75 Å². The number of aryl methyl sites for hydroxylation is 1. The fourth-order valence-electron chi connectivity index (χ4n) is 3.62. The molecule has 1 N–H and O–H groups in total. The summed E-state index contributed by atoms with van der Waals surface area (Å²) < 4.78 is 8.22. The van der Waals surface area contributed by atoms with Crippen molar-refractivity contribution >= 4 is 29.3 Å². The Bertz CT molecular complexity index is 834. The Morgan fingerprint density at radius 1 is 1.31 bits per heavy atom. The number of halogens is 1. The quantitative estimate of drug-likeness (QED) is 0.593. The van der Waals surface area contributed by atoms with Crippen molar-refractivity contribution in [1.29, 1.82) is 0 Å². The van der Waals surface area contributed by atoms with Gasteiger partial charge in [0.05, 0.1) is 5.75 Å². The maximum Gasteiger partial charge on any atom is 0.230 e. The minimum Gasteiger partial charge on any atom is -0.485 e. The third kappa shape index (κ3) is 6.12. The Kier molecular flexibility index (Phi) is 7.84. The number of benzene rings is 1. The monoisotopic (exact) mass is 436 g/mol. The molecule has 6 nitrogen and oxygen atoms in total. The molecule has 2 aromatic rings. The lowest BCUT2D eigenvalue weighted by atomic mass is 9.95. The van der Waals surface area contributed by atoms with Crippen molar-refractivity contribution in [3.05, 3.63) is 34.6 Å². The van der Waals surface area contributed by atoms with Crippen LogP contribution in [-0.2, 0) is 11.4 Å². The zero-order chi connectivity index (χ0) is 20.8. The molecule has 8 heteroatoms.